The van der Waals surface area contributed by atoms with E-state index in [1.165, 1.54) is 10.4 Å². The van der Waals surface area contributed by atoms with E-state index in [1.54, 1.807) is 0 Å². The first-order chi connectivity index (χ1) is 6.65. The van der Waals surface area contributed by atoms with Crippen molar-refractivity contribution >= 4 is 11.3 Å². The summed E-state index contributed by atoms with van der Waals surface area (Å²) in [6.45, 7) is 11.2. The molecule has 0 fully saturated rings. The number of aryl methyl sites for hydroxylation is 1. The Labute approximate surface area is 91.5 Å². The highest BCUT2D eigenvalue weighted by Gasteiger charge is 2.14. The van der Waals surface area contributed by atoms with Crippen LogP contribution in [0.15, 0.2) is 11.4 Å². The highest BCUT2D eigenvalue weighted by molar-refractivity contribution is 7.10. The molecule has 0 aliphatic carbocycles. The summed E-state index contributed by atoms with van der Waals surface area (Å²) in [5.74, 6) is 1.38. The lowest BCUT2D eigenvalue weighted by molar-refractivity contribution is 0.454. The Bertz CT molecular complexity index is 267. The second kappa shape index (κ2) is 5.52. The van der Waals surface area contributed by atoms with Gasteiger partial charge in [-0.15, -0.1) is 11.3 Å². The Kier molecular flexibility index (Phi) is 4.63. The Morgan fingerprint density at radius 2 is 2.14 bits per heavy atom. The van der Waals surface area contributed by atoms with Crippen molar-refractivity contribution in [1.29, 1.82) is 0 Å². The highest BCUT2D eigenvalue weighted by Crippen LogP contribution is 2.27. The molecule has 0 amide bonds. The van der Waals surface area contributed by atoms with Crippen molar-refractivity contribution in [2.24, 2.45) is 5.92 Å². The van der Waals surface area contributed by atoms with Crippen LogP contribution in [0.3, 0.4) is 0 Å². The maximum Gasteiger partial charge on any atom is 0.00171 e. The van der Waals surface area contributed by atoms with Crippen molar-refractivity contribution in [2.75, 3.05) is 13.1 Å². The Morgan fingerprint density at radius 1 is 1.43 bits per heavy atom. The zero-order valence-corrected chi connectivity index (χ0v) is 10.4. The predicted octanol–water partition coefficient (Wildman–Crippen LogP) is 3.41. The molecule has 1 nitrogen and oxygen atoms in total. The SMILES string of the molecule is CCNCC(C)C(C)c1csc(C)c1. The second-order valence-corrected chi connectivity index (χ2v) is 5.18. The molecule has 80 valence electrons. The van der Waals surface area contributed by atoms with Gasteiger partial charge in [-0.3, -0.25) is 0 Å². The summed E-state index contributed by atoms with van der Waals surface area (Å²) < 4.78 is 0. The third kappa shape index (κ3) is 3.10. The Morgan fingerprint density at radius 3 is 2.64 bits per heavy atom. The lowest BCUT2D eigenvalue weighted by Crippen LogP contribution is -2.23. The fourth-order valence-corrected chi connectivity index (χ4v) is 2.39. The van der Waals surface area contributed by atoms with E-state index in [1.807, 2.05) is 11.3 Å². The van der Waals surface area contributed by atoms with Crippen LogP contribution in [-0.4, -0.2) is 13.1 Å². The van der Waals surface area contributed by atoms with Gasteiger partial charge in [-0.05, 0) is 48.9 Å². The number of hydrogen-bond donors (Lipinski definition) is 1. The van der Waals surface area contributed by atoms with Crippen molar-refractivity contribution in [2.45, 2.75) is 33.6 Å². The van der Waals surface area contributed by atoms with Gasteiger partial charge >= 0.3 is 0 Å². The fourth-order valence-electron chi connectivity index (χ4n) is 1.58. The first kappa shape index (κ1) is 11.7. The maximum atomic E-state index is 3.41. The van der Waals surface area contributed by atoms with Crippen LogP contribution in [0.2, 0.25) is 0 Å². The molecule has 1 aromatic rings. The Balaban J connectivity index is 2.51. The zero-order chi connectivity index (χ0) is 10.6. The summed E-state index contributed by atoms with van der Waals surface area (Å²) in [6, 6.07) is 2.32. The molecule has 1 aromatic heterocycles. The molecule has 1 heterocycles. The zero-order valence-electron chi connectivity index (χ0n) is 9.63. The summed E-state index contributed by atoms with van der Waals surface area (Å²) in [5, 5.41) is 5.70. The van der Waals surface area contributed by atoms with Gasteiger partial charge in [0.25, 0.3) is 0 Å². The first-order valence-corrected chi connectivity index (χ1v) is 6.28. The van der Waals surface area contributed by atoms with E-state index in [-0.39, 0.29) is 0 Å². The number of rotatable bonds is 5. The van der Waals surface area contributed by atoms with E-state index >= 15 is 0 Å². The highest BCUT2D eigenvalue weighted by atomic mass is 32.1. The van der Waals surface area contributed by atoms with Gasteiger partial charge in [-0.1, -0.05) is 20.8 Å². The Hall–Kier alpha value is -0.340. The van der Waals surface area contributed by atoms with Gasteiger partial charge in [0.1, 0.15) is 0 Å². The molecule has 0 radical (unpaired) electrons. The van der Waals surface area contributed by atoms with Crippen LogP contribution < -0.4 is 5.32 Å². The molecule has 0 spiro atoms. The second-order valence-electron chi connectivity index (χ2n) is 4.06. The summed E-state index contributed by atoms with van der Waals surface area (Å²) >= 11 is 1.85. The van der Waals surface area contributed by atoms with Crippen LogP contribution in [-0.2, 0) is 0 Å². The molecule has 2 atom stereocenters. The third-order valence-electron chi connectivity index (χ3n) is 2.85. The lowest BCUT2D eigenvalue weighted by atomic mass is 9.90. The molecule has 0 aliphatic rings. The quantitative estimate of drug-likeness (QED) is 0.787. The normalized spacial score (nSPS) is 15.4. The molecule has 0 aliphatic heterocycles. The molecule has 2 heteroatoms. The van der Waals surface area contributed by atoms with Crippen LogP contribution in [0, 0.1) is 12.8 Å². The average molecular weight is 211 g/mol. The molecule has 0 saturated carbocycles. The minimum absolute atomic E-state index is 0.666. The van der Waals surface area contributed by atoms with E-state index < -0.39 is 0 Å². The van der Waals surface area contributed by atoms with Crippen LogP contribution in [0.25, 0.3) is 0 Å². The smallest absolute Gasteiger partial charge is 0.00171 e. The molecule has 1 rings (SSSR count). The summed E-state index contributed by atoms with van der Waals surface area (Å²) in [7, 11) is 0. The minimum atomic E-state index is 0.666. The largest absolute Gasteiger partial charge is 0.317 e. The third-order valence-corrected chi connectivity index (χ3v) is 3.73. The van der Waals surface area contributed by atoms with Crippen LogP contribution in [0.5, 0.6) is 0 Å². The fraction of sp³-hybridized carbons (Fsp3) is 0.667. The van der Waals surface area contributed by atoms with Gasteiger partial charge < -0.3 is 5.32 Å². The van der Waals surface area contributed by atoms with Gasteiger partial charge in [-0.25, -0.2) is 0 Å². The molecule has 14 heavy (non-hydrogen) atoms. The monoisotopic (exact) mass is 211 g/mol. The van der Waals surface area contributed by atoms with E-state index in [4.69, 9.17) is 0 Å². The summed E-state index contributed by atoms with van der Waals surface area (Å²) in [6.07, 6.45) is 0. The van der Waals surface area contributed by atoms with Crippen molar-refractivity contribution in [3.8, 4) is 0 Å². The summed E-state index contributed by atoms with van der Waals surface area (Å²) in [4.78, 5) is 1.42. The van der Waals surface area contributed by atoms with E-state index in [0.29, 0.717) is 11.8 Å². The number of nitrogens with one attached hydrogen (secondary N) is 1. The topological polar surface area (TPSA) is 12.0 Å². The molecular formula is C12H21NS. The van der Waals surface area contributed by atoms with E-state index in [0.717, 1.165) is 13.1 Å². The van der Waals surface area contributed by atoms with E-state index in [9.17, 15) is 0 Å². The van der Waals surface area contributed by atoms with Crippen molar-refractivity contribution in [3.63, 3.8) is 0 Å². The standard InChI is InChI=1S/C12H21NS/c1-5-13-7-9(2)11(4)12-6-10(3)14-8-12/h6,8-9,11,13H,5,7H2,1-4H3. The average Bonchev–Trinajstić information content (AvgIpc) is 2.60. The number of hydrogen-bond acceptors (Lipinski definition) is 2. The van der Waals surface area contributed by atoms with Gasteiger partial charge in [-0.2, -0.15) is 0 Å². The van der Waals surface area contributed by atoms with Crippen LogP contribution >= 0.6 is 11.3 Å². The molecular weight excluding hydrogens is 190 g/mol. The van der Waals surface area contributed by atoms with Crippen LogP contribution in [0.4, 0.5) is 0 Å². The molecule has 0 saturated heterocycles. The van der Waals surface area contributed by atoms with Gasteiger partial charge in [0.15, 0.2) is 0 Å². The van der Waals surface area contributed by atoms with Crippen LogP contribution in [0.1, 0.15) is 37.1 Å². The lowest BCUT2D eigenvalue weighted by Gasteiger charge is -2.19. The minimum Gasteiger partial charge on any atom is -0.317 e. The maximum absolute atomic E-state index is 3.41. The first-order valence-electron chi connectivity index (χ1n) is 5.41. The van der Waals surface area contributed by atoms with Gasteiger partial charge in [0.05, 0.1) is 0 Å². The summed E-state index contributed by atoms with van der Waals surface area (Å²) in [5.41, 5.74) is 1.50. The predicted molar refractivity (Wildman–Crippen MR) is 65.2 cm³/mol. The van der Waals surface area contributed by atoms with Gasteiger partial charge in [0.2, 0.25) is 0 Å². The molecule has 1 N–H and O–H groups in total. The molecule has 0 aromatic carbocycles. The number of thiophene rings is 1. The van der Waals surface area contributed by atoms with Crippen molar-refractivity contribution < 1.29 is 0 Å². The van der Waals surface area contributed by atoms with Gasteiger partial charge in [0, 0.05) is 4.88 Å². The molecule has 2 unspecified atom stereocenters. The van der Waals surface area contributed by atoms with Crippen molar-refractivity contribution in [3.05, 3.63) is 21.9 Å². The molecule has 0 bridgehead atoms. The van der Waals surface area contributed by atoms with E-state index in [2.05, 4.69) is 44.5 Å². The van der Waals surface area contributed by atoms with Crippen molar-refractivity contribution in [1.82, 2.24) is 5.32 Å².